The van der Waals surface area contributed by atoms with Crippen molar-refractivity contribution in [3.63, 3.8) is 0 Å². The maximum atomic E-state index is 10.3. The molecule has 0 amide bonds. The van der Waals surface area contributed by atoms with Gasteiger partial charge < -0.3 is 9.90 Å². The van der Waals surface area contributed by atoms with Crippen molar-refractivity contribution >= 4 is 12.3 Å². The van der Waals surface area contributed by atoms with Gasteiger partial charge in [-0.25, -0.2) is 0 Å². The van der Waals surface area contributed by atoms with Gasteiger partial charge in [0.2, 0.25) is 0 Å². The predicted molar refractivity (Wildman–Crippen MR) is 41.3 cm³/mol. The van der Waals surface area contributed by atoms with Gasteiger partial charge in [-0.05, 0) is 11.8 Å². The van der Waals surface area contributed by atoms with Crippen LogP contribution < -0.4 is 0 Å². The molecule has 0 aromatic heterocycles. The lowest BCUT2D eigenvalue weighted by Crippen LogP contribution is -2.16. The van der Waals surface area contributed by atoms with Crippen LogP contribution >= 0.6 is 0 Å². The molecule has 0 unspecified atom stereocenters. The highest BCUT2D eigenvalue weighted by Gasteiger charge is 2.20. The van der Waals surface area contributed by atoms with Crippen molar-refractivity contribution in [1.29, 1.82) is 0 Å². The van der Waals surface area contributed by atoms with Crippen LogP contribution in [0.15, 0.2) is 0 Å². The van der Waals surface area contributed by atoms with Crippen LogP contribution in [0.2, 0.25) is 0 Å². The number of carboxylic acids is 1. The molecule has 0 spiro atoms. The Morgan fingerprint density at radius 3 is 2.45 bits per heavy atom. The van der Waals surface area contributed by atoms with Crippen LogP contribution in [0.1, 0.15) is 33.1 Å². The molecule has 0 aliphatic rings. The quantitative estimate of drug-likeness (QED) is 0.616. The van der Waals surface area contributed by atoms with Gasteiger partial charge in [0.15, 0.2) is 0 Å². The first-order valence-corrected chi connectivity index (χ1v) is 3.63. The normalized spacial score (nSPS) is 11.1. The summed E-state index contributed by atoms with van der Waals surface area (Å²) in [5, 5.41) is 8.46. The highest BCUT2D eigenvalue weighted by Crippen LogP contribution is 2.25. The summed E-state index contributed by atoms with van der Waals surface area (Å²) in [7, 11) is 0. The second-order valence-electron chi connectivity index (χ2n) is 3.44. The zero-order chi connectivity index (χ0) is 8.91. The summed E-state index contributed by atoms with van der Waals surface area (Å²) in [6.07, 6.45) is 2.04. The molecule has 11 heavy (non-hydrogen) atoms. The lowest BCUT2D eigenvalue weighted by atomic mass is 9.85. The summed E-state index contributed by atoms with van der Waals surface area (Å²) < 4.78 is 0. The van der Waals surface area contributed by atoms with E-state index in [0.29, 0.717) is 12.8 Å². The number of aliphatic carboxylic acids is 1. The fraction of sp³-hybridized carbons (Fsp3) is 0.750. The van der Waals surface area contributed by atoms with Gasteiger partial charge in [-0.1, -0.05) is 13.8 Å². The molecule has 3 nitrogen and oxygen atoms in total. The molecule has 0 saturated carbocycles. The Kier molecular flexibility index (Phi) is 3.79. The summed E-state index contributed by atoms with van der Waals surface area (Å²) in [6.45, 7) is 3.70. The van der Waals surface area contributed by atoms with Crippen LogP contribution in [0.25, 0.3) is 0 Å². The number of carbonyl (C=O) groups excluding carboxylic acids is 1. The number of aldehydes is 1. The molecule has 0 heterocycles. The van der Waals surface area contributed by atoms with Crippen molar-refractivity contribution in [1.82, 2.24) is 0 Å². The van der Waals surface area contributed by atoms with E-state index in [2.05, 4.69) is 0 Å². The van der Waals surface area contributed by atoms with Crippen molar-refractivity contribution in [3.05, 3.63) is 0 Å². The van der Waals surface area contributed by atoms with E-state index in [-0.39, 0.29) is 11.8 Å². The number of rotatable bonds is 5. The topological polar surface area (TPSA) is 54.4 Å². The van der Waals surface area contributed by atoms with Crippen molar-refractivity contribution in [2.24, 2.45) is 5.41 Å². The first-order valence-electron chi connectivity index (χ1n) is 3.63. The molecule has 0 saturated heterocycles. The van der Waals surface area contributed by atoms with E-state index in [9.17, 15) is 9.59 Å². The summed E-state index contributed by atoms with van der Waals surface area (Å²) in [4.78, 5) is 20.3. The lowest BCUT2D eigenvalue weighted by molar-refractivity contribution is -0.139. The fourth-order valence-corrected chi connectivity index (χ4v) is 0.947. The van der Waals surface area contributed by atoms with E-state index in [1.807, 2.05) is 13.8 Å². The maximum Gasteiger partial charge on any atom is 0.303 e. The zero-order valence-electron chi connectivity index (χ0n) is 6.96. The Hall–Kier alpha value is -0.860. The average molecular weight is 158 g/mol. The second-order valence-corrected chi connectivity index (χ2v) is 3.44. The molecule has 64 valence electrons. The number of carbonyl (C=O) groups is 2. The molecule has 0 rings (SSSR count). The van der Waals surface area contributed by atoms with Gasteiger partial charge in [0, 0.05) is 6.42 Å². The van der Waals surface area contributed by atoms with Gasteiger partial charge in [0.1, 0.15) is 6.29 Å². The van der Waals surface area contributed by atoms with Crippen LogP contribution in [0, 0.1) is 5.41 Å². The molecule has 0 fully saturated rings. The molecule has 0 atom stereocenters. The lowest BCUT2D eigenvalue weighted by Gasteiger charge is -2.20. The van der Waals surface area contributed by atoms with Gasteiger partial charge >= 0.3 is 5.97 Å². The zero-order valence-corrected chi connectivity index (χ0v) is 6.96. The molecule has 0 aliphatic carbocycles. The van der Waals surface area contributed by atoms with E-state index in [1.54, 1.807) is 0 Å². The molecule has 0 radical (unpaired) electrons. The molecule has 0 aromatic carbocycles. The molecular formula is C8H14O3. The first-order chi connectivity index (χ1) is 4.98. The van der Waals surface area contributed by atoms with Gasteiger partial charge in [-0.2, -0.15) is 0 Å². The van der Waals surface area contributed by atoms with E-state index in [0.717, 1.165) is 6.29 Å². The monoisotopic (exact) mass is 158 g/mol. The summed E-state index contributed by atoms with van der Waals surface area (Å²) >= 11 is 0. The molecule has 0 bridgehead atoms. The van der Waals surface area contributed by atoms with Crippen molar-refractivity contribution in [2.45, 2.75) is 33.1 Å². The number of hydrogen-bond donors (Lipinski definition) is 1. The van der Waals surface area contributed by atoms with Crippen LogP contribution in [0.5, 0.6) is 0 Å². The smallest absolute Gasteiger partial charge is 0.303 e. The van der Waals surface area contributed by atoms with Crippen LogP contribution in [0.4, 0.5) is 0 Å². The molecule has 1 N–H and O–H groups in total. The number of hydrogen-bond acceptors (Lipinski definition) is 2. The molecular weight excluding hydrogens is 144 g/mol. The molecule has 0 aromatic rings. The van der Waals surface area contributed by atoms with E-state index in [1.165, 1.54) is 0 Å². The van der Waals surface area contributed by atoms with Crippen LogP contribution in [-0.4, -0.2) is 17.4 Å². The van der Waals surface area contributed by atoms with Gasteiger partial charge in [-0.3, -0.25) is 4.79 Å². The third-order valence-electron chi connectivity index (χ3n) is 1.57. The summed E-state index contributed by atoms with van der Waals surface area (Å²) in [5.41, 5.74) is -0.257. The molecule has 0 aliphatic heterocycles. The van der Waals surface area contributed by atoms with Crippen molar-refractivity contribution in [3.8, 4) is 0 Å². The third kappa shape index (κ3) is 5.58. The predicted octanol–water partition coefficient (Wildman–Crippen LogP) is 1.47. The van der Waals surface area contributed by atoms with Crippen LogP contribution in [0.3, 0.4) is 0 Å². The minimum Gasteiger partial charge on any atom is -0.481 e. The van der Waals surface area contributed by atoms with Gasteiger partial charge in [0.25, 0.3) is 0 Å². The molecule has 3 heteroatoms. The Balaban J connectivity index is 3.78. The van der Waals surface area contributed by atoms with E-state index < -0.39 is 5.97 Å². The number of carboxylic acid groups (broad SMARTS) is 1. The Morgan fingerprint density at radius 2 is 2.09 bits per heavy atom. The maximum absolute atomic E-state index is 10.3. The summed E-state index contributed by atoms with van der Waals surface area (Å²) in [5.74, 6) is -0.805. The van der Waals surface area contributed by atoms with Crippen molar-refractivity contribution < 1.29 is 14.7 Å². The second kappa shape index (κ2) is 4.11. The minimum atomic E-state index is -0.805. The Labute approximate surface area is 66.4 Å². The van der Waals surface area contributed by atoms with E-state index in [4.69, 9.17) is 5.11 Å². The highest BCUT2D eigenvalue weighted by molar-refractivity contribution is 5.67. The minimum absolute atomic E-state index is 0.126. The SMILES string of the molecule is CC(C)(CCC=O)CC(=O)O. The van der Waals surface area contributed by atoms with Crippen molar-refractivity contribution in [2.75, 3.05) is 0 Å². The van der Waals surface area contributed by atoms with Crippen LogP contribution in [-0.2, 0) is 9.59 Å². The van der Waals surface area contributed by atoms with Gasteiger partial charge in [0.05, 0.1) is 6.42 Å². The Morgan fingerprint density at radius 1 is 1.55 bits per heavy atom. The summed E-state index contributed by atoms with van der Waals surface area (Å²) in [6, 6.07) is 0. The van der Waals surface area contributed by atoms with Gasteiger partial charge in [-0.15, -0.1) is 0 Å². The van der Waals surface area contributed by atoms with E-state index >= 15 is 0 Å². The largest absolute Gasteiger partial charge is 0.481 e. The Bertz CT molecular complexity index is 149. The third-order valence-corrected chi connectivity index (χ3v) is 1.57. The highest BCUT2D eigenvalue weighted by atomic mass is 16.4. The fourth-order valence-electron chi connectivity index (χ4n) is 0.947. The average Bonchev–Trinajstić information content (AvgIpc) is 1.81. The first kappa shape index (κ1) is 10.1. The standard InChI is InChI=1S/C8H14O3/c1-8(2,4-3-5-9)6-7(10)11/h5H,3-4,6H2,1-2H3,(H,10,11).